The zero-order chi connectivity index (χ0) is 27.7. The van der Waals surface area contributed by atoms with Crippen molar-refractivity contribution in [3.63, 3.8) is 0 Å². The fourth-order valence-corrected chi connectivity index (χ4v) is 5.59. The molecule has 206 valence electrons. The fraction of sp³-hybridized carbons (Fsp3) is 0.290. The van der Waals surface area contributed by atoms with Gasteiger partial charge in [0.1, 0.15) is 5.82 Å². The molecule has 0 saturated carbocycles. The molecule has 1 saturated heterocycles. The molecular weight excluding hydrogens is 515 g/mol. The number of hydrogen-bond donors (Lipinski definition) is 2. The SMILES string of the molecule is O=C1Nc2ccccc2CN1C1CCN(Cc2nc(-c3ccc(C(F)(F)F)cc3)[nH]c2Cc2ccccc2)CC1. The van der Waals surface area contributed by atoms with Crippen LogP contribution in [0, 0.1) is 0 Å². The van der Waals surface area contributed by atoms with Crippen LogP contribution in [0.15, 0.2) is 78.9 Å². The highest BCUT2D eigenvalue weighted by molar-refractivity contribution is 5.92. The monoisotopic (exact) mass is 545 g/mol. The first-order valence-electron chi connectivity index (χ1n) is 13.5. The van der Waals surface area contributed by atoms with E-state index in [4.69, 9.17) is 4.98 Å². The fourth-order valence-electron chi connectivity index (χ4n) is 5.59. The first-order chi connectivity index (χ1) is 19.3. The van der Waals surface area contributed by atoms with Crippen molar-refractivity contribution in [2.75, 3.05) is 18.4 Å². The van der Waals surface area contributed by atoms with E-state index in [1.165, 1.54) is 12.1 Å². The number of alkyl halides is 3. The van der Waals surface area contributed by atoms with Gasteiger partial charge in [-0.25, -0.2) is 9.78 Å². The van der Waals surface area contributed by atoms with Gasteiger partial charge in [0.15, 0.2) is 0 Å². The van der Waals surface area contributed by atoms with Crippen LogP contribution in [-0.4, -0.2) is 44.9 Å². The standard InChI is InChI=1S/C31H30F3N5O/c32-31(33,34)24-12-10-22(11-13-24)29-35-27(18-21-6-2-1-3-7-21)28(36-29)20-38-16-14-25(15-17-38)39-19-23-8-4-5-9-26(23)37-30(39)40/h1-13,25H,14-20H2,(H,35,36)(H,37,40). The molecule has 9 heteroatoms. The van der Waals surface area contributed by atoms with E-state index in [1.54, 1.807) is 0 Å². The zero-order valence-electron chi connectivity index (χ0n) is 21.9. The molecule has 0 radical (unpaired) electrons. The smallest absolute Gasteiger partial charge is 0.341 e. The summed E-state index contributed by atoms with van der Waals surface area (Å²) in [5.41, 5.74) is 4.92. The van der Waals surface area contributed by atoms with Crippen LogP contribution in [-0.2, 0) is 25.7 Å². The Kier molecular flexibility index (Phi) is 7.06. The van der Waals surface area contributed by atoms with Gasteiger partial charge in [-0.15, -0.1) is 0 Å². The number of para-hydroxylation sites is 1. The number of likely N-dealkylation sites (tertiary alicyclic amines) is 1. The Hall–Kier alpha value is -4.11. The van der Waals surface area contributed by atoms with Gasteiger partial charge in [-0.3, -0.25) is 4.90 Å². The number of amides is 2. The highest BCUT2D eigenvalue weighted by atomic mass is 19.4. The number of rotatable bonds is 6. The first-order valence-corrected chi connectivity index (χ1v) is 13.5. The Morgan fingerprint density at radius 3 is 2.33 bits per heavy atom. The third kappa shape index (κ3) is 5.60. The van der Waals surface area contributed by atoms with Crippen LogP contribution in [0.5, 0.6) is 0 Å². The molecule has 4 aromatic rings. The van der Waals surface area contributed by atoms with Crippen molar-refractivity contribution in [2.24, 2.45) is 0 Å². The van der Waals surface area contributed by atoms with Crippen LogP contribution in [0.25, 0.3) is 11.4 Å². The molecule has 0 atom stereocenters. The van der Waals surface area contributed by atoms with Crippen LogP contribution in [0.2, 0.25) is 0 Å². The highest BCUT2D eigenvalue weighted by Gasteiger charge is 2.32. The molecule has 3 heterocycles. The predicted molar refractivity (Wildman–Crippen MR) is 148 cm³/mol. The molecule has 3 aromatic carbocycles. The topological polar surface area (TPSA) is 64.3 Å². The summed E-state index contributed by atoms with van der Waals surface area (Å²) in [7, 11) is 0. The maximum absolute atomic E-state index is 13.1. The number of carbonyl (C=O) groups is 1. The molecular formula is C31H30F3N5O. The molecule has 1 fully saturated rings. The highest BCUT2D eigenvalue weighted by Crippen LogP contribution is 2.32. The number of hydrogen-bond acceptors (Lipinski definition) is 3. The van der Waals surface area contributed by atoms with E-state index in [0.29, 0.717) is 30.9 Å². The van der Waals surface area contributed by atoms with Gasteiger partial charge in [0.2, 0.25) is 0 Å². The largest absolute Gasteiger partial charge is 0.416 e. The summed E-state index contributed by atoms with van der Waals surface area (Å²) in [6.07, 6.45) is -2.01. The summed E-state index contributed by atoms with van der Waals surface area (Å²) in [5, 5.41) is 3.02. The third-order valence-corrected chi connectivity index (χ3v) is 7.81. The second-order valence-electron chi connectivity index (χ2n) is 10.5. The maximum Gasteiger partial charge on any atom is 0.416 e. The van der Waals surface area contributed by atoms with Gasteiger partial charge in [-0.2, -0.15) is 13.2 Å². The zero-order valence-corrected chi connectivity index (χ0v) is 21.9. The number of aromatic nitrogens is 2. The minimum Gasteiger partial charge on any atom is -0.341 e. The van der Waals surface area contributed by atoms with Crippen molar-refractivity contribution < 1.29 is 18.0 Å². The molecule has 2 aliphatic rings. The van der Waals surface area contributed by atoms with Gasteiger partial charge in [-0.05, 0) is 42.2 Å². The van der Waals surface area contributed by atoms with Gasteiger partial charge in [0.25, 0.3) is 0 Å². The van der Waals surface area contributed by atoms with Crippen LogP contribution < -0.4 is 5.32 Å². The lowest BCUT2D eigenvalue weighted by Gasteiger charge is -2.40. The summed E-state index contributed by atoms with van der Waals surface area (Å²) in [6.45, 7) is 2.89. The van der Waals surface area contributed by atoms with E-state index in [9.17, 15) is 18.0 Å². The number of halogens is 3. The summed E-state index contributed by atoms with van der Waals surface area (Å²) in [4.78, 5) is 25.3. The molecule has 2 aliphatic heterocycles. The Morgan fingerprint density at radius 2 is 1.60 bits per heavy atom. The van der Waals surface area contributed by atoms with Gasteiger partial charge in [-0.1, -0.05) is 60.7 Å². The number of H-pyrrole nitrogens is 1. The Bertz CT molecular complexity index is 1480. The summed E-state index contributed by atoms with van der Waals surface area (Å²) in [5.74, 6) is 0.563. The number of nitrogens with zero attached hydrogens (tertiary/aromatic N) is 3. The molecule has 0 bridgehead atoms. The molecule has 0 spiro atoms. The molecule has 2 amide bonds. The van der Waals surface area contributed by atoms with Crippen molar-refractivity contribution >= 4 is 11.7 Å². The van der Waals surface area contributed by atoms with Crippen molar-refractivity contribution in [1.82, 2.24) is 19.8 Å². The van der Waals surface area contributed by atoms with E-state index < -0.39 is 11.7 Å². The summed E-state index contributed by atoms with van der Waals surface area (Å²) in [6, 6.07) is 23.2. The van der Waals surface area contributed by atoms with Crippen LogP contribution >= 0.6 is 0 Å². The van der Waals surface area contributed by atoms with Crippen molar-refractivity contribution in [1.29, 1.82) is 0 Å². The predicted octanol–water partition coefficient (Wildman–Crippen LogP) is 6.70. The molecule has 2 N–H and O–H groups in total. The van der Waals surface area contributed by atoms with Gasteiger partial charge in [0, 0.05) is 55.6 Å². The second kappa shape index (κ2) is 10.8. The van der Waals surface area contributed by atoms with Crippen LogP contribution in [0.1, 0.15) is 40.9 Å². The molecule has 0 aliphatic carbocycles. The average molecular weight is 546 g/mol. The Morgan fingerprint density at radius 1 is 0.900 bits per heavy atom. The lowest BCUT2D eigenvalue weighted by Crippen LogP contribution is -2.50. The number of nitrogens with one attached hydrogen (secondary N) is 2. The number of imidazole rings is 1. The number of urea groups is 1. The lowest BCUT2D eigenvalue weighted by atomic mass is 10.0. The van der Waals surface area contributed by atoms with Gasteiger partial charge >= 0.3 is 12.2 Å². The van der Waals surface area contributed by atoms with Gasteiger partial charge < -0.3 is 15.2 Å². The quantitative estimate of drug-likeness (QED) is 0.284. The number of piperidine rings is 1. The molecule has 6 rings (SSSR count). The number of benzene rings is 3. The molecule has 40 heavy (non-hydrogen) atoms. The number of aromatic amines is 1. The van der Waals surface area contributed by atoms with E-state index in [0.717, 1.165) is 66.3 Å². The van der Waals surface area contributed by atoms with E-state index >= 15 is 0 Å². The van der Waals surface area contributed by atoms with Crippen molar-refractivity contribution in [3.05, 3.63) is 107 Å². The van der Waals surface area contributed by atoms with E-state index in [2.05, 4.69) is 33.4 Å². The van der Waals surface area contributed by atoms with E-state index in [-0.39, 0.29) is 12.1 Å². The van der Waals surface area contributed by atoms with Crippen LogP contribution in [0.4, 0.5) is 23.7 Å². The minimum absolute atomic E-state index is 0.0456. The normalized spacial score (nSPS) is 16.6. The Labute approximate surface area is 230 Å². The summed E-state index contributed by atoms with van der Waals surface area (Å²) < 4.78 is 39.2. The maximum atomic E-state index is 13.1. The minimum atomic E-state index is -4.38. The number of anilines is 1. The molecule has 0 unspecified atom stereocenters. The molecule has 6 nitrogen and oxygen atoms in total. The van der Waals surface area contributed by atoms with Crippen molar-refractivity contribution in [3.8, 4) is 11.4 Å². The third-order valence-electron chi connectivity index (χ3n) is 7.81. The first kappa shape index (κ1) is 26.1. The Balaban J connectivity index is 1.17. The lowest BCUT2D eigenvalue weighted by molar-refractivity contribution is -0.137. The number of carbonyl (C=O) groups excluding carboxylic acids is 1. The average Bonchev–Trinajstić information content (AvgIpc) is 3.35. The van der Waals surface area contributed by atoms with E-state index in [1.807, 2.05) is 41.3 Å². The van der Waals surface area contributed by atoms with Crippen molar-refractivity contribution in [2.45, 2.75) is 44.6 Å². The van der Waals surface area contributed by atoms with Crippen LogP contribution in [0.3, 0.4) is 0 Å². The summed E-state index contributed by atoms with van der Waals surface area (Å²) >= 11 is 0. The number of fused-ring (bicyclic) bond motifs is 1. The second-order valence-corrected chi connectivity index (χ2v) is 10.5. The molecule has 1 aromatic heterocycles. The van der Waals surface area contributed by atoms with Gasteiger partial charge in [0.05, 0.1) is 11.3 Å².